The Morgan fingerprint density at radius 2 is 1.97 bits per heavy atom. The Hall–Kier alpha value is -3.05. The van der Waals surface area contributed by atoms with Gasteiger partial charge in [-0.2, -0.15) is 5.10 Å². The molecule has 2 aromatic rings. The molecule has 0 heterocycles. The molecule has 1 amide bonds. The Kier molecular flexibility index (Phi) is 9.74. The van der Waals surface area contributed by atoms with Gasteiger partial charge in [0.15, 0.2) is 11.5 Å². The summed E-state index contributed by atoms with van der Waals surface area (Å²) in [5.74, 6) is 0.711. The number of hydrogen-bond donors (Lipinski definition) is 1. The van der Waals surface area contributed by atoms with Crippen LogP contribution in [0.15, 0.2) is 58.6 Å². The topological polar surface area (TPSA) is 107 Å². The largest absolute Gasteiger partial charge is 0.493 e. The van der Waals surface area contributed by atoms with Crippen LogP contribution >= 0.6 is 15.9 Å². The van der Waals surface area contributed by atoms with Crippen LogP contribution in [-0.4, -0.2) is 53.7 Å². The number of carbonyl (C=O) groups excluding carboxylic acids is 1. The zero-order chi connectivity index (χ0) is 24.4. The molecule has 0 atom stereocenters. The van der Waals surface area contributed by atoms with Crippen LogP contribution < -0.4 is 23.9 Å². The number of sulfonamides is 1. The number of para-hydroxylation sites is 2. The lowest BCUT2D eigenvalue weighted by molar-refractivity contribution is -0.119. The van der Waals surface area contributed by atoms with Crippen molar-refractivity contribution in [2.45, 2.75) is 6.92 Å². The zero-order valence-corrected chi connectivity index (χ0v) is 21.0. The Balaban J connectivity index is 2.16. The highest BCUT2D eigenvalue weighted by molar-refractivity contribution is 9.10. The minimum Gasteiger partial charge on any atom is -0.493 e. The molecule has 0 fully saturated rings. The van der Waals surface area contributed by atoms with Gasteiger partial charge in [-0.3, -0.25) is 9.10 Å². The van der Waals surface area contributed by atoms with Crippen LogP contribution in [0.4, 0.5) is 5.69 Å². The lowest BCUT2D eigenvalue weighted by Crippen LogP contribution is -2.39. The van der Waals surface area contributed by atoms with E-state index in [1.807, 2.05) is 0 Å². The summed E-state index contributed by atoms with van der Waals surface area (Å²) in [5, 5.41) is 3.93. The van der Waals surface area contributed by atoms with Gasteiger partial charge in [0.1, 0.15) is 18.9 Å². The molecule has 0 saturated heterocycles. The number of methoxy groups -OCH3 is 1. The van der Waals surface area contributed by atoms with Crippen molar-refractivity contribution in [1.29, 1.82) is 0 Å². The van der Waals surface area contributed by atoms with Gasteiger partial charge in [0.25, 0.3) is 5.91 Å². The lowest BCUT2D eigenvalue weighted by atomic mass is 10.2. The monoisotopic (exact) mass is 539 g/mol. The molecule has 0 aliphatic carbocycles. The van der Waals surface area contributed by atoms with Crippen molar-refractivity contribution in [2.75, 3.05) is 37.4 Å². The first-order chi connectivity index (χ1) is 15.7. The van der Waals surface area contributed by atoms with E-state index < -0.39 is 22.5 Å². The molecule has 0 spiro atoms. The quantitative estimate of drug-likeness (QED) is 0.252. The number of ether oxygens (including phenoxy) is 3. The number of hydrazone groups is 1. The number of amides is 1. The first kappa shape index (κ1) is 26.2. The second-order valence-corrected chi connectivity index (χ2v) is 9.36. The number of rotatable bonds is 12. The molecular weight excluding hydrogens is 514 g/mol. The average molecular weight is 540 g/mol. The van der Waals surface area contributed by atoms with E-state index in [-0.39, 0.29) is 5.69 Å². The van der Waals surface area contributed by atoms with Gasteiger partial charge in [-0.1, -0.05) is 24.8 Å². The predicted molar refractivity (Wildman–Crippen MR) is 132 cm³/mol. The summed E-state index contributed by atoms with van der Waals surface area (Å²) in [4.78, 5) is 12.5. The SMILES string of the molecule is C=CCOc1c(Br)cc(/C=N\NC(=O)CN(c2ccccc2OCC)S(C)(=O)=O)cc1OC. The minimum absolute atomic E-state index is 0.268. The van der Waals surface area contributed by atoms with Crippen LogP contribution in [0.1, 0.15) is 12.5 Å². The zero-order valence-electron chi connectivity index (χ0n) is 18.6. The molecular formula is C22H26BrN3O6S. The highest BCUT2D eigenvalue weighted by atomic mass is 79.9. The van der Waals surface area contributed by atoms with Crippen molar-refractivity contribution < 1.29 is 27.4 Å². The Labute approximate surface area is 202 Å². The van der Waals surface area contributed by atoms with Gasteiger partial charge in [-0.15, -0.1) is 0 Å². The van der Waals surface area contributed by atoms with Crippen molar-refractivity contribution in [1.82, 2.24) is 5.43 Å². The first-order valence-corrected chi connectivity index (χ1v) is 12.5. The van der Waals surface area contributed by atoms with Gasteiger partial charge >= 0.3 is 0 Å². The van der Waals surface area contributed by atoms with E-state index in [4.69, 9.17) is 14.2 Å². The van der Waals surface area contributed by atoms with Crippen LogP contribution in [0, 0.1) is 0 Å². The summed E-state index contributed by atoms with van der Waals surface area (Å²) < 4.78 is 42.7. The fourth-order valence-electron chi connectivity index (χ4n) is 2.76. The summed E-state index contributed by atoms with van der Waals surface area (Å²) in [6.07, 6.45) is 4.04. The number of hydrogen-bond acceptors (Lipinski definition) is 7. The van der Waals surface area contributed by atoms with E-state index in [0.29, 0.717) is 40.5 Å². The van der Waals surface area contributed by atoms with Gasteiger partial charge in [0.05, 0.1) is 36.3 Å². The Bertz CT molecular complexity index is 1120. The number of nitrogens with zero attached hydrogens (tertiary/aromatic N) is 2. The molecule has 1 N–H and O–H groups in total. The maximum atomic E-state index is 12.5. The van der Waals surface area contributed by atoms with Crippen LogP contribution in [0.5, 0.6) is 17.2 Å². The molecule has 0 aliphatic rings. The third-order valence-electron chi connectivity index (χ3n) is 4.12. The van der Waals surface area contributed by atoms with E-state index in [2.05, 4.69) is 33.0 Å². The lowest BCUT2D eigenvalue weighted by Gasteiger charge is -2.23. The standard InChI is InChI=1S/C22H26BrN3O6S/c1-5-11-32-22-17(23)12-16(13-20(22)30-3)14-24-25-21(27)15-26(33(4,28)29)18-9-7-8-10-19(18)31-6-2/h5,7-10,12-14H,1,6,11,15H2,2-4H3,(H,25,27)/b24-14-. The van der Waals surface area contributed by atoms with Crippen molar-refractivity contribution in [2.24, 2.45) is 5.10 Å². The number of nitrogens with one attached hydrogen (secondary N) is 1. The van der Waals surface area contributed by atoms with E-state index in [0.717, 1.165) is 10.6 Å². The molecule has 2 rings (SSSR count). The van der Waals surface area contributed by atoms with Crippen LogP contribution in [-0.2, 0) is 14.8 Å². The second-order valence-electron chi connectivity index (χ2n) is 6.60. The highest BCUT2D eigenvalue weighted by Crippen LogP contribution is 2.36. The van der Waals surface area contributed by atoms with Crippen molar-refractivity contribution in [3.8, 4) is 17.2 Å². The van der Waals surface area contributed by atoms with Gasteiger partial charge in [-0.05, 0) is 52.7 Å². The molecule has 0 aliphatic heterocycles. The molecule has 0 aromatic heterocycles. The molecule has 0 saturated carbocycles. The van der Waals surface area contributed by atoms with Gasteiger partial charge in [0.2, 0.25) is 10.0 Å². The van der Waals surface area contributed by atoms with E-state index >= 15 is 0 Å². The fourth-order valence-corrected chi connectivity index (χ4v) is 4.20. The summed E-state index contributed by atoms with van der Waals surface area (Å²) in [7, 11) is -2.26. The summed E-state index contributed by atoms with van der Waals surface area (Å²) in [6.45, 7) is 5.59. The average Bonchev–Trinajstić information content (AvgIpc) is 2.76. The Morgan fingerprint density at radius 3 is 2.61 bits per heavy atom. The highest BCUT2D eigenvalue weighted by Gasteiger charge is 2.23. The third-order valence-corrected chi connectivity index (χ3v) is 5.84. The number of benzene rings is 2. The number of halogens is 1. The summed E-state index contributed by atoms with van der Waals surface area (Å²) >= 11 is 3.42. The van der Waals surface area contributed by atoms with E-state index in [1.54, 1.807) is 49.4 Å². The number of anilines is 1. The van der Waals surface area contributed by atoms with Crippen LogP contribution in [0.2, 0.25) is 0 Å². The second kappa shape index (κ2) is 12.3. The normalized spacial score (nSPS) is 11.2. The smallest absolute Gasteiger partial charge is 0.260 e. The third kappa shape index (κ3) is 7.50. The van der Waals surface area contributed by atoms with Crippen molar-refractivity contribution in [3.63, 3.8) is 0 Å². The van der Waals surface area contributed by atoms with Crippen molar-refractivity contribution in [3.05, 3.63) is 59.1 Å². The number of carbonyl (C=O) groups is 1. The predicted octanol–water partition coefficient (Wildman–Crippen LogP) is 3.34. The van der Waals surface area contributed by atoms with Gasteiger partial charge in [0, 0.05) is 0 Å². The molecule has 33 heavy (non-hydrogen) atoms. The van der Waals surface area contributed by atoms with E-state index in [9.17, 15) is 13.2 Å². The molecule has 0 radical (unpaired) electrons. The Morgan fingerprint density at radius 1 is 1.24 bits per heavy atom. The van der Waals surface area contributed by atoms with Crippen LogP contribution in [0.25, 0.3) is 0 Å². The summed E-state index contributed by atoms with van der Waals surface area (Å²) in [6, 6.07) is 10.0. The maximum absolute atomic E-state index is 12.5. The molecule has 178 valence electrons. The molecule has 2 aromatic carbocycles. The van der Waals surface area contributed by atoms with Crippen molar-refractivity contribution >= 4 is 43.8 Å². The minimum atomic E-state index is -3.76. The maximum Gasteiger partial charge on any atom is 0.260 e. The molecule has 11 heteroatoms. The van der Waals surface area contributed by atoms with E-state index in [1.165, 1.54) is 13.3 Å². The molecule has 0 bridgehead atoms. The van der Waals surface area contributed by atoms with Gasteiger partial charge in [-0.25, -0.2) is 13.8 Å². The first-order valence-electron chi connectivity index (χ1n) is 9.83. The fraction of sp³-hybridized carbons (Fsp3) is 0.273. The summed E-state index contributed by atoms with van der Waals surface area (Å²) in [5.41, 5.74) is 3.23. The van der Waals surface area contributed by atoms with Crippen LogP contribution in [0.3, 0.4) is 0 Å². The van der Waals surface area contributed by atoms with Gasteiger partial charge < -0.3 is 14.2 Å². The molecule has 9 nitrogen and oxygen atoms in total. The molecule has 0 unspecified atom stereocenters.